The van der Waals surface area contributed by atoms with Crippen LogP contribution in [0.1, 0.15) is 0 Å². The van der Waals surface area contributed by atoms with E-state index >= 15 is 0 Å². The van der Waals surface area contributed by atoms with Gasteiger partial charge in [-0.15, -0.1) is 0 Å². The molecule has 0 aliphatic heterocycles. The molecule has 0 saturated heterocycles. The standard InChI is InChI=1S/C20H13FN2O2/c21-14-10-8-13(9-11-14)17-18(24)16-7-4-12-22-19(16)23(20(17)25)15-5-2-1-3-6-15/h1-12,24H. The minimum Gasteiger partial charge on any atom is -0.506 e. The summed E-state index contributed by atoms with van der Waals surface area (Å²) in [6.45, 7) is 0. The summed E-state index contributed by atoms with van der Waals surface area (Å²) in [5, 5.41) is 11.1. The molecule has 2 aromatic carbocycles. The fraction of sp³-hybridized carbons (Fsp3) is 0. The summed E-state index contributed by atoms with van der Waals surface area (Å²) >= 11 is 0. The molecule has 0 saturated carbocycles. The number of para-hydroxylation sites is 1. The quantitative estimate of drug-likeness (QED) is 0.606. The molecule has 25 heavy (non-hydrogen) atoms. The molecular weight excluding hydrogens is 319 g/mol. The molecule has 4 aromatic rings. The second kappa shape index (κ2) is 5.87. The van der Waals surface area contributed by atoms with Crippen molar-refractivity contribution in [2.75, 3.05) is 0 Å². The molecule has 122 valence electrons. The fourth-order valence-electron chi connectivity index (χ4n) is 2.90. The van der Waals surface area contributed by atoms with E-state index in [-0.39, 0.29) is 11.3 Å². The molecule has 4 rings (SSSR count). The van der Waals surface area contributed by atoms with Gasteiger partial charge in [0.15, 0.2) is 5.65 Å². The van der Waals surface area contributed by atoms with Crippen molar-refractivity contribution in [1.29, 1.82) is 0 Å². The van der Waals surface area contributed by atoms with E-state index < -0.39 is 11.4 Å². The predicted octanol–water partition coefficient (Wildman–Crippen LogP) is 3.90. The topological polar surface area (TPSA) is 55.1 Å². The highest BCUT2D eigenvalue weighted by Gasteiger charge is 2.19. The zero-order valence-electron chi connectivity index (χ0n) is 13.1. The van der Waals surface area contributed by atoms with Gasteiger partial charge in [-0.3, -0.25) is 9.36 Å². The molecule has 0 aliphatic rings. The Morgan fingerprint density at radius 3 is 2.36 bits per heavy atom. The predicted molar refractivity (Wildman–Crippen MR) is 94.4 cm³/mol. The molecule has 0 bridgehead atoms. The summed E-state index contributed by atoms with van der Waals surface area (Å²) < 4.78 is 14.7. The highest BCUT2D eigenvalue weighted by atomic mass is 19.1. The van der Waals surface area contributed by atoms with Crippen molar-refractivity contribution in [2.45, 2.75) is 0 Å². The van der Waals surface area contributed by atoms with E-state index in [0.717, 1.165) is 0 Å². The number of benzene rings is 2. The Bertz CT molecular complexity index is 1120. The molecule has 0 atom stereocenters. The van der Waals surface area contributed by atoms with Crippen LogP contribution in [-0.2, 0) is 0 Å². The lowest BCUT2D eigenvalue weighted by atomic mass is 10.0. The van der Waals surface area contributed by atoms with E-state index in [0.29, 0.717) is 22.3 Å². The SMILES string of the molecule is O=c1c(-c2ccc(F)cc2)c(O)c2cccnc2n1-c1ccccc1. The lowest BCUT2D eigenvalue weighted by Gasteiger charge is -2.14. The van der Waals surface area contributed by atoms with E-state index in [1.165, 1.54) is 28.8 Å². The number of hydrogen-bond acceptors (Lipinski definition) is 3. The first-order chi connectivity index (χ1) is 12.2. The van der Waals surface area contributed by atoms with Gasteiger partial charge in [0.05, 0.1) is 16.6 Å². The van der Waals surface area contributed by atoms with E-state index in [1.807, 2.05) is 18.2 Å². The van der Waals surface area contributed by atoms with E-state index in [9.17, 15) is 14.3 Å². The third kappa shape index (κ3) is 2.46. The molecular formula is C20H13FN2O2. The van der Waals surface area contributed by atoms with Gasteiger partial charge >= 0.3 is 0 Å². The van der Waals surface area contributed by atoms with Gasteiger partial charge in [-0.25, -0.2) is 9.37 Å². The number of nitrogens with zero attached hydrogens (tertiary/aromatic N) is 2. The Labute approximate surface area is 142 Å². The third-order valence-corrected chi connectivity index (χ3v) is 4.05. The molecule has 4 nitrogen and oxygen atoms in total. The van der Waals surface area contributed by atoms with Crippen LogP contribution in [0.2, 0.25) is 0 Å². The van der Waals surface area contributed by atoms with Crippen molar-refractivity contribution in [1.82, 2.24) is 9.55 Å². The van der Waals surface area contributed by atoms with Crippen LogP contribution in [0.15, 0.2) is 77.7 Å². The fourth-order valence-corrected chi connectivity index (χ4v) is 2.90. The first-order valence-electron chi connectivity index (χ1n) is 7.71. The lowest BCUT2D eigenvalue weighted by molar-refractivity contribution is 0.482. The van der Waals surface area contributed by atoms with Crippen molar-refractivity contribution in [3.8, 4) is 22.6 Å². The Balaban J connectivity index is 2.15. The van der Waals surface area contributed by atoms with Gasteiger partial charge in [0, 0.05) is 6.20 Å². The monoisotopic (exact) mass is 332 g/mol. The van der Waals surface area contributed by atoms with Crippen molar-refractivity contribution < 1.29 is 9.50 Å². The summed E-state index contributed by atoms with van der Waals surface area (Å²) in [5.74, 6) is -0.569. The van der Waals surface area contributed by atoms with Crippen LogP contribution < -0.4 is 5.56 Å². The van der Waals surface area contributed by atoms with Gasteiger partial charge in [0.1, 0.15) is 11.6 Å². The first-order valence-corrected chi connectivity index (χ1v) is 7.71. The molecule has 2 aromatic heterocycles. The summed E-state index contributed by atoms with van der Waals surface area (Å²) in [6, 6.07) is 17.9. The Morgan fingerprint density at radius 2 is 1.64 bits per heavy atom. The third-order valence-electron chi connectivity index (χ3n) is 4.05. The molecule has 0 unspecified atom stereocenters. The van der Waals surface area contributed by atoms with Gasteiger partial charge in [-0.2, -0.15) is 0 Å². The van der Waals surface area contributed by atoms with Crippen LogP contribution in [0.4, 0.5) is 4.39 Å². The molecule has 0 radical (unpaired) electrons. The molecule has 2 heterocycles. The van der Waals surface area contributed by atoms with Crippen molar-refractivity contribution in [3.63, 3.8) is 0 Å². The number of hydrogen-bond donors (Lipinski definition) is 1. The van der Waals surface area contributed by atoms with E-state index in [1.54, 1.807) is 30.5 Å². The maximum atomic E-state index is 13.2. The zero-order valence-corrected chi connectivity index (χ0v) is 13.1. The van der Waals surface area contributed by atoms with Crippen LogP contribution in [-0.4, -0.2) is 14.7 Å². The highest BCUT2D eigenvalue weighted by Crippen LogP contribution is 2.33. The van der Waals surface area contributed by atoms with Gasteiger partial charge in [-0.1, -0.05) is 30.3 Å². The molecule has 0 spiro atoms. The molecule has 0 amide bonds. The van der Waals surface area contributed by atoms with Crippen LogP contribution in [0, 0.1) is 5.82 Å². The van der Waals surface area contributed by atoms with Crippen LogP contribution in [0.3, 0.4) is 0 Å². The number of pyridine rings is 2. The minimum absolute atomic E-state index is 0.115. The number of halogens is 1. The first kappa shape index (κ1) is 15.1. The maximum Gasteiger partial charge on any atom is 0.268 e. The average Bonchev–Trinajstić information content (AvgIpc) is 2.64. The summed E-state index contributed by atoms with van der Waals surface area (Å²) in [6.07, 6.45) is 1.57. The van der Waals surface area contributed by atoms with Gasteiger partial charge in [-0.05, 0) is 42.0 Å². The number of aromatic nitrogens is 2. The lowest BCUT2D eigenvalue weighted by Crippen LogP contribution is -2.21. The summed E-state index contributed by atoms with van der Waals surface area (Å²) in [7, 11) is 0. The smallest absolute Gasteiger partial charge is 0.268 e. The summed E-state index contributed by atoms with van der Waals surface area (Å²) in [5.41, 5.74) is 1.15. The van der Waals surface area contributed by atoms with E-state index in [2.05, 4.69) is 4.98 Å². The number of aromatic hydroxyl groups is 1. The average molecular weight is 332 g/mol. The number of rotatable bonds is 2. The van der Waals surface area contributed by atoms with Gasteiger partial charge in [0.2, 0.25) is 0 Å². The molecule has 5 heteroatoms. The van der Waals surface area contributed by atoms with Crippen molar-refractivity contribution in [2.24, 2.45) is 0 Å². The van der Waals surface area contributed by atoms with Gasteiger partial charge in [0.25, 0.3) is 5.56 Å². The molecule has 1 N–H and O–H groups in total. The van der Waals surface area contributed by atoms with E-state index in [4.69, 9.17) is 0 Å². The molecule has 0 fully saturated rings. The van der Waals surface area contributed by atoms with Crippen molar-refractivity contribution >= 4 is 11.0 Å². The minimum atomic E-state index is -0.415. The second-order valence-electron chi connectivity index (χ2n) is 5.58. The Hall–Kier alpha value is -3.47. The Kier molecular flexibility index (Phi) is 3.54. The van der Waals surface area contributed by atoms with Crippen LogP contribution in [0.25, 0.3) is 27.8 Å². The molecule has 0 aliphatic carbocycles. The van der Waals surface area contributed by atoms with Gasteiger partial charge < -0.3 is 5.11 Å². The zero-order chi connectivity index (χ0) is 17.4. The van der Waals surface area contributed by atoms with Crippen LogP contribution >= 0.6 is 0 Å². The van der Waals surface area contributed by atoms with Crippen LogP contribution in [0.5, 0.6) is 5.75 Å². The largest absolute Gasteiger partial charge is 0.506 e. The van der Waals surface area contributed by atoms with Crippen molar-refractivity contribution in [3.05, 3.63) is 89.1 Å². The normalized spacial score (nSPS) is 10.9. The maximum absolute atomic E-state index is 13.2. The number of fused-ring (bicyclic) bond motifs is 1. The highest BCUT2D eigenvalue weighted by molar-refractivity contribution is 5.91. The Morgan fingerprint density at radius 1 is 0.920 bits per heavy atom. The summed E-state index contributed by atoms with van der Waals surface area (Å²) in [4.78, 5) is 17.4. The second-order valence-corrected chi connectivity index (χ2v) is 5.58.